The Balaban J connectivity index is 2.30. The first kappa shape index (κ1) is 14.1. The minimum Gasteiger partial charge on any atom is -0.384 e. The molecule has 2 rings (SSSR count). The van der Waals surface area contributed by atoms with E-state index in [-0.39, 0.29) is 0 Å². The average molecular weight is 257 g/mol. The number of nitrogens with zero attached hydrogens (tertiary/aromatic N) is 1. The number of benzene rings is 1. The van der Waals surface area contributed by atoms with Gasteiger partial charge >= 0.3 is 0 Å². The predicted octanol–water partition coefficient (Wildman–Crippen LogP) is 4.00. The van der Waals surface area contributed by atoms with Gasteiger partial charge in [-0.05, 0) is 44.1 Å². The van der Waals surface area contributed by atoms with E-state index in [1.807, 2.05) is 30.3 Å². The molecule has 0 spiro atoms. The molecule has 102 valence electrons. The molecular weight excluding hydrogens is 234 g/mol. The number of nitriles is 1. The van der Waals surface area contributed by atoms with Crippen molar-refractivity contribution in [1.29, 1.82) is 5.26 Å². The molecule has 0 radical (unpaired) electrons. The fraction of sp³-hybridized carbons (Fsp3) is 0.588. The second kappa shape index (κ2) is 5.35. The maximum atomic E-state index is 11.0. The molecule has 2 heteroatoms. The fourth-order valence-electron chi connectivity index (χ4n) is 3.33. The Labute approximate surface area is 116 Å². The average Bonchev–Trinajstić information content (AvgIpc) is 2.48. The highest BCUT2D eigenvalue weighted by molar-refractivity contribution is 5.28. The highest BCUT2D eigenvalue weighted by Gasteiger charge is 2.50. The molecule has 1 fully saturated rings. The van der Waals surface area contributed by atoms with Gasteiger partial charge in [-0.25, -0.2) is 0 Å². The van der Waals surface area contributed by atoms with Crippen LogP contribution in [0.5, 0.6) is 0 Å². The molecule has 19 heavy (non-hydrogen) atoms. The van der Waals surface area contributed by atoms with E-state index < -0.39 is 11.0 Å². The van der Waals surface area contributed by atoms with Crippen LogP contribution in [-0.4, -0.2) is 5.11 Å². The van der Waals surface area contributed by atoms with Gasteiger partial charge in [-0.3, -0.25) is 0 Å². The van der Waals surface area contributed by atoms with Crippen LogP contribution in [0.25, 0.3) is 0 Å². The summed E-state index contributed by atoms with van der Waals surface area (Å²) in [6.45, 7) is 4.01. The molecule has 1 N–H and O–H groups in total. The van der Waals surface area contributed by atoms with Crippen LogP contribution >= 0.6 is 0 Å². The fourth-order valence-corrected chi connectivity index (χ4v) is 3.33. The van der Waals surface area contributed by atoms with Gasteiger partial charge in [0.2, 0.25) is 0 Å². The lowest BCUT2D eigenvalue weighted by Crippen LogP contribution is -2.45. The summed E-state index contributed by atoms with van der Waals surface area (Å²) in [7, 11) is 0. The Morgan fingerprint density at radius 2 is 1.89 bits per heavy atom. The molecule has 0 aliphatic heterocycles. The van der Waals surface area contributed by atoms with Crippen molar-refractivity contribution in [1.82, 2.24) is 0 Å². The zero-order valence-electron chi connectivity index (χ0n) is 11.9. The third-order valence-corrected chi connectivity index (χ3v) is 5.02. The summed E-state index contributed by atoms with van der Waals surface area (Å²) in [5, 5.41) is 20.7. The smallest absolute Gasteiger partial charge is 0.105 e. The molecule has 1 aliphatic rings. The maximum absolute atomic E-state index is 11.0. The highest BCUT2D eigenvalue weighted by atomic mass is 16.3. The minimum absolute atomic E-state index is 0.639. The van der Waals surface area contributed by atoms with E-state index in [0.29, 0.717) is 5.92 Å². The molecule has 1 saturated carbocycles. The van der Waals surface area contributed by atoms with Crippen molar-refractivity contribution in [3.63, 3.8) is 0 Å². The number of hydrogen-bond donors (Lipinski definition) is 1. The van der Waals surface area contributed by atoms with E-state index in [2.05, 4.69) is 13.0 Å². The van der Waals surface area contributed by atoms with Gasteiger partial charge in [-0.1, -0.05) is 43.7 Å². The quantitative estimate of drug-likeness (QED) is 0.889. The van der Waals surface area contributed by atoms with Crippen LogP contribution in [0.1, 0.15) is 51.5 Å². The number of aliphatic hydroxyl groups is 1. The zero-order chi connectivity index (χ0) is 13.9. The van der Waals surface area contributed by atoms with E-state index in [9.17, 15) is 10.4 Å². The normalized spacial score (nSPS) is 30.3. The summed E-state index contributed by atoms with van der Waals surface area (Å²) in [6.07, 6.45) is 4.86. The molecule has 1 aromatic rings. The predicted molar refractivity (Wildman–Crippen MR) is 76.3 cm³/mol. The van der Waals surface area contributed by atoms with Gasteiger partial charge in [0, 0.05) is 0 Å². The van der Waals surface area contributed by atoms with Crippen LogP contribution in [0.3, 0.4) is 0 Å². The number of rotatable bonds is 3. The van der Waals surface area contributed by atoms with E-state index in [4.69, 9.17) is 0 Å². The monoisotopic (exact) mass is 257 g/mol. The summed E-state index contributed by atoms with van der Waals surface area (Å²) in [6, 6.07) is 12.1. The van der Waals surface area contributed by atoms with Gasteiger partial charge in [0.15, 0.2) is 0 Å². The van der Waals surface area contributed by atoms with Crippen molar-refractivity contribution in [3.05, 3.63) is 35.9 Å². The lowest BCUT2D eigenvalue weighted by molar-refractivity contribution is -0.0698. The Morgan fingerprint density at radius 1 is 1.32 bits per heavy atom. The largest absolute Gasteiger partial charge is 0.384 e. The number of hydrogen-bond acceptors (Lipinski definition) is 2. The van der Waals surface area contributed by atoms with Gasteiger partial charge in [0.05, 0.1) is 11.5 Å². The lowest BCUT2D eigenvalue weighted by Gasteiger charge is -2.45. The van der Waals surface area contributed by atoms with Gasteiger partial charge in [0.25, 0.3) is 0 Å². The zero-order valence-corrected chi connectivity index (χ0v) is 11.9. The SMILES string of the molecule is CCC1CCC(C#N)(C(C)(O)c2ccccc2)CC1. The third-order valence-electron chi connectivity index (χ3n) is 5.02. The lowest BCUT2D eigenvalue weighted by atomic mass is 9.60. The van der Waals surface area contributed by atoms with E-state index in [1.165, 1.54) is 6.42 Å². The van der Waals surface area contributed by atoms with Gasteiger partial charge in [-0.2, -0.15) is 5.26 Å². The van der Waals surface area contributed by atoms with Crippen molar-refractivity contribution < 1.29 is 5.11 Å². The summed E-state index contributed by atoms with van der Waals surface area (Å²) in [4.78, 5) is 0. The Bertz CT molecular complexity index is 450. The summed E-state index contributed by atoms with van der Waals surface area (Å²) in [5.41, 5.74) is -0.853. The van der Waals surface area contributed by atoms with Crippen LogP contribution in [0.2, 0.25) is 0 Å². The second-order valence-electron chi connectivity index (χ2n) is 5.98. The molecule has 0 saturated heterocycles. The highest BCUT2D eigenvalue weighted by Crippen LogP contribution is 2.50. The molecule has 0 aromatic heterocycles. The van der Waals surface area contributed by atoms with Crippen LogP contribution in [0, 0.1) is 22.7 Å². The molecule has 2 nitrogen and oxygen atoms in total. The molecule has 0 amide bonds. The van der Waals surface area contributed by atoms with Crippen LogP contribution < -0.4 is 0 Å². The van der Waals surface area contributed by atoms with Crippen LogP contribution in [0.4, 0.5) is 0 Å². The maximum Gasteiger partial charge on any atom is 0.105 e. The Morgan fingerprint density at radius 3 is 2.37 bits per heavy atom. The molecule has 0 heterocycles. The van der Waals surface area contributed by atoms with E-state index in [0.717, 1.165) is 31.2 Å². The van der Waals surface area contributed by atoms with Crippen molar-refractivity contribution in [3.8, 4) is 6.07 Å². The summed E-state index contributed by atoms with van der Waals surface area (Å²) in [5.74, 6) is 0.716. The summed E-state index contributed by atoms with van der Waals surface area (Å²) >= 11 is 0. The van der Waals surface area contributed by atoms with Gasteiger partial charge in [0.1, 0.15) is 5.60 Å². The second-order valence-corrected chi connectivity index (χ2v) is 5.98. The molecular formula is C17H23NO. The van der Waals surface area contributed by atoms with Crippen LogP contribution in [-0.2, 0) is 5.60 Å². The first-order valence-corrected chi connectivity index (χ1v) is 7.25. The standard InChI is InChI=1S/C17H23NO/c1-3-14-9-11-17(13-18,12-10-14)16(2,19)15-7-5-4-6-8-15/h4-8,14,19H,3,9-12H2,1-2H3. The van der Waals surface area contributed by atoms with Crippen LogP contribution in [0.15, 0.2) is 30.3 Å². The van der Waals surface area contributed by atoms with Gasteiger partial charge in [-0.15, -0.1) is 0 Å². The van der Waals surface area contributed by atoms with E-state index in [1.54, 1.807) is 6.92 Å². The van der Waals surface area contributed by atoms with Gasteiger partial charge < -0.3 is 5.11 Å². The molecule has 1 atom stereocenters. The van der Waals surface area contributed by atoms with Crippen molar-refractivity contribution in [2.24, 2.45) is 11.3 Å². The minimum atomic E-state index is -1.07. The molecule has 1 aliphatic carbocycles. The first-order chi connectivity index (χ1) is 9.05. The molecule has 1 unspecified atom stereocenters. The van der Waals surface area contributed by atoms with Crippen molar-refractivity contribution in [2.45, 2.75) is 51.6 Å². The van der Waals surface area contributed by atoms with E-state index >= 15 is 0 Å². The third kappa shape index (κ3) is 2.40. The van der Waals surface area contributed by atoms with Crippen molar-refractivity contribution >= 4 is 0 Å². The molecule has 1 aromatic carbocycles. The summed E-state index contributed by atoms with van der Waals surface area (Å²) < 4.78 is 0. The van der Waals surface area contributed by atoms with Crippen molar-refractivity contribution in [2.75, 3.05) is 0 Å². The first-order valence-electron chi connectivity index (χ1n) is 7.25. The Kier molecular flexibility index (Phi) is 3.96. The molecule has 0 bridgehead atoms. The topological polar surface area (TPSA) is 44.0 Å². The Hall–Kier alpha value is -1.33.